The minimum absolute atomic E-state index is 0.0570. The molecule has 1 aromatic heterocycles. The van der Waals surface area contributed by atoms with Crippen LogP contribution in [0.25, 0.3) is 10.2 Å². The van der Waals surface area contributed by atoms with E-state index in [9.17, 15) is 22.4 Å². The Hall–Kier alpha value is -3.67. The zero-order valence-electron chi connectivity index (χ0n) is 20.8. The normalized spacial score (nSPS) is 12.3. The number of rotatable bonds is 9. The van der Waals surface area contributed by atoms with Crippen molar-refractivity contribution in [3.05, 3.63) is 94.5 Å². The molecule has 3 aromatic carbocycles. The largest absolute Gasteiger partial charge is 0.465 e. The van der Waals surface area contributed by atoms with Crippen molar-refractivity contribution < 1.29 is 27.1 Å². The minimum Gasteiger partial charge on any atom is -0.465 e. The van der Waals surface area contributed by atoms with Gasteiger partial charge in [-0.2, -0.15) is 9.30 Å². The van der Waals surface area contributed by atoms with Gasteiger partial charge in [0, 0.05) is 18.7 Å². The number of fused-ring (bicyclic) bond motifs is 1. The van der Waals surface area contributed by atoms with E-state index in [1.54, 1.807) is 13.8 Å². The fourth-order valence-electron chi connectivity index (χ4n) is 3.84. The van der Waals surface area contributed by atoms with Gasteiger partial charge < -0.3 is 9.30 Å². The van der Waals surface area contributed by atoms with Gasteiger partial charge in [-0.25, -0.2) is 12.8 Å². The van der Waals surface area contributed by atoms with Gasteiger partial charge in [0.1, 0.15) is 12.4 Å². The highest BCUT2D eigenvalue weighted by Gasteiger charge is 2.23. The number of carbonyl (C=O) groups is 2. The molecule has 0 radical (unpaired) electrons. The second-order valence-corrected chi connectivity index (χ2v) is 11.2. The molecule has 4 rings (SSSR count). The van der Waals surface area contributed by atoms with Crippen LogP contribution >= 0.6 is 11.3 Å². The predicted octanol–water partition coefficient (Wildman–Crippen LogP) is 4.36. The average Bonchev–Trinajstić information content (AvgIpc) is 3.23. The molecular formula is C27H26FN3O5S2. The average molecular weight is 556 g/mol. The number of benzene rings is 3. The number of halogens is 1. The van der Waals surface area contributed by atoms with Crippen molar-refractivity contribution >= 4 is 43.5 Å². The van der Waals surface area contributed by atoms with E-state index >= 15 is 0 Å². The Bertz CT molecular complexity index is 1630. The van der Waals surface area contributed by atoms with Crippen molar-refractivity contribution in [3.8, 4) is 0 Å². The van der Waals surface area contributed by atoms with Gasteiger partial charge in [0.25, 0.3) is 5.91 Å². The number of ether oxygens (including phenoxy) is 1. The van der Waals surface area contributed by atoms with Crippen molar-refractivity contribution in [1.29, 1.82) is 0 Å². The van der Waals surface area contributed by atoms with Gasteiger partial charge in [0.2, 0.25) is 10.0 Å². The minimum atomic E-state index is -3.80. The van der Waals surface area contributed by atoms with E-state index in [0.717, 1.165) is 16.9 Å². The highest BCUT2D eigenvalue weighted by atomic mass is 32.2. The standard InChI is InChI=1S/C27H26FN3O5S2/c1-3-30(17-19-8-6-5-7-9-19)38(34,35)22-13-10-20(11-14-22)26(33)29-27-31(18-25(32)36-4-2)23-15-12-21(28)16-24(23)37-27/h5-16H,3-4,17-18H2,1-2H3. The molecule has 0 saturated heterocycles. The Labute approximate surface area is 223 Å². The van der Waals surface area contributed by atoms with Gasteiger partial charge in [0.15, 0.2) is 4.80 Å². The van der Waals surface area contributed by atoms with Crippen LogP contribution in [0.5, 0.6) is 0 Å². The third-order valence-electron chi connectivity index (χ3n) is 5.73. The Kier molecular flexibility index (Phi) is 8.50. The summed E-state index contributed by atoms with van der Waals surface area (Å²) >= 11 is 1.06. The van der Waals surface area contributed by atoms with Crippen molar-refractivity contribution in [2.45, 2.75) is 31.8 Å². The van der Waals surface area contributed by atoms with Crippen LogP contribution in [-0.4, -0.2) is 42.3 Å². The van der Waals surface area contributed by atoms with Gasteiger partial charge in [-0.1, -0.05) is 48.6 Å². The van der Waals surface area contributed by atoms with E-state index in [0.29, 0.717) is 10.2 Å². The molecule has 0 atom stereocenters. The molecule has 11 heteroatoms. The van der Waals surface area contributed by atoms with Crippen LogP contribution in [0.15, 0.2) is 82.7 Å². The topological polar surface area (TPSA) is 98.0 Å². The molecular weight excluding hydrogens is 529 g/mol. The number of aromatic nitrogens is 1. The molecule has 0 aliphatic rings. The molecule has 0 N–H and O–H groups in total. The quantitative estimate of drug-likeness (QED) is 0.286. The van der Waals surface area contributed by atoms with Crippen molar-refractivity contribution in [2.24, 2.45) is 4.99 Å². The number of hydrogen-bond acceptors (Lipinski definition) is 6. The highest BCUT2D eigenvalue weighted by Crippen LogP contribution is 2.21. The van der Waals surface area contributed by atoms with E-state index in [2.05, 4.69) is 4.99 Å². The highest BCUT2D eigenvalue weighted by molar-refractivity contribution is 7.89. The van der Waals surface area contributed by atoms with Crippen molar-refractivity contribution in [2.75, 3.05) is 13.2 Å². The Morgan fingerprint density at radius 2 is 1.74 bits per heavy atom. The van der Waals surface area contributed by atoms with Crippen molar-refractivity contribution in [1.82, 2.24) is 8.87 Å². The molecule has 198 valence electrons. The maximum atomic E-state index is 13.8. The van der Waals surface area contributed by atoms with Crippen LogP contribution in [-0.2, 0) is 32.6 Å². The predicted molar refractivity (Wildman–Crippen MR) is 142 cm³/mol. The van der Waals surface area contributed by atoms with Crippen LogP contribution in [0, 0.1) is 5.82 Å². The van der Waals surface area contributed by atoms with Gasteiger partial charge in [-0.3, -0.25) is 9.59 Å². The Morgan fingerprint density at radius 1 is 1.03 bits per heavy atom. The Balaban J connectivity index is 1.63. The van der Waals surface area contributed by atoms with Gasteiger partial charge in [-0.15, -0.1) is 0 Å². The van der Waals surface area contributed by atoms with E-state index in [1.807, 2.05) is 30.3 Å². The molecule has 0 unspecified atom stereocenters. The summed E-state index contributed by atoms with van der Waals surface area (Å²) in [6.07, 6.45) is 0. The molecule has 4 aromatic rings. The lowest BCUT2D eigenvalue weighted by molar-refractivity contribution is -0.143. The van der Waals surface area contributed by atoms with E-state index in [1.165, 1.54) is 51.3 Å². The summed E-state index contributed by atoms with van der Waals surface area (Å²) in [6, 6.07) is 18.9. The third-order valence-corrected chi connectivity index (χ3v) is 8.70. The number of hydrogen-bond donors (Lipinski definition) is 0. The number of carbonyl (C=O) groups excluding carboxylic acids is 2. The summed E-state index contributed by atoms with van der Waals surface area (Å²) in [7, 11) is -3.80. The molecule has 1 heterocycles. The summed E-state index contributed by atoms with van der Waals surface area (Å²) in [5, 5.41) is 0. The smallest absolute Gasteiger partial charge is 0.326 e. The molecule has 0 saturated carbocycles. The molecule has 0 aliphatic carbocycles. The van der Waals surface area contributed by atoms with Gasteiger partial charge in [-0.05, 0) is 55.0 Å². The number of nitrogens with zero attached hydrogens (tertiary/aromatic N) is 3. The van der Waals surface area contributed by atoms with Crippen LogP contribution in [0.2, 0.25) is 0 Å². The molecule has 1 amide bonds. The van der Waals surface area contributed by atoms with Crippen molar-refractivity contribution in [3.63, 3.8) is 0 Å². The molecule has 0 bridgehead atoms. The van der Waals surface area contributed by atoms with Crippen LogP contribution in [0.4, 0.5) is 4.39 Å². The zero-order valence-corrected chi connectivity index (χ0v) is 22.5. The summed E-state index contributed by atoms with van der Waals surface area (Å²) in [6.45, 7) is 3.95. The lowest BCUT2D eigenvalue weighted by Crippen LogP contribution is -2.30. The zero-order chi connectivity index (χ0) is 27.3. The molecule has 0 aliphatic heterocycles. The first-order chi connectivity index (χ1) is 18.2. The van der Waals surface area contributed by atoms with E-state index in [4.69, 9.17) is 4.74 Å². The second kappa shape index (κ2) is 11.8. The Morgan fingerprint density at radius 3 is 2.39 bits per heavy atom. The monoisotopic (exact) mass is 555 g/mol. The SMILES string of the molecule is CCOC(=O)Cn1c(=NC(=O)c2ccc(S(=O)(=O)N(CC)Cc3ccccc3)cc2)sc2cc(F)ccc21. The lowest BCUT2D eigenvalue weighted by Gasteiger charge is -2.20. The molecule has 0 fully saturated rings. The van der Waals surface area contributed by atoms with Gasteiger partial charge >= 0.3 is 5.97 Å². The van der Waals surface area contributed by atoms with Crippen LogP contribution in [0.3, 0.4) is 0 Å². The summed E-state index contributed by atoms with van der Waals surface area (Å²) in [4.78, 5) is 29.6. The fourth-order valence-corrected chi connectivity index (χ4v) is 6.33. The first kappa shape index (κ1) is 27.4. The number of sulfonamides is 1. The van der Waals surface area contributed by atoms with E-state index < -0.39 is 27.7 Å². The van der Waals surface area contributed by atoms with Crippen LogP contribution < -0.4 is 4.80 Å². The second-order valence-electron chi connectivity index (χ2n) is 8.25. The van der Waals surface area contributed by atoms with E-state index in [-0.39, 0.29) is 41.5 Å². The fraction of sp³-hybridized carbons (Fsp3) is 0.222. The number of amides is 1. The summed E-state index contributed by atoms with van der Waals surface area (Å²) < 4.78 is 48.6. The maximum absolute atomic E-state index is 13.8. The first-order valence-corrected chi connectivity index (χ1v) is 14.2. The number of thiazole rings is 1. The molecule has 38 heavy (non-hydrogen) atoms. The van der Waals surface area contributed by atoms with Gasteiger partial charge in [0.05, 0.1) is 21.7 Å². The summed E-state index contributed by atoms with van der Waals surface area (Å²) in [5.74, 6) is -1.60. The third kappa shape index (κ3) is 6.07. The lowest BCUT2D eigenvalue weighted by atomic mass is 10.2. The number of esters is 1. The molecule has 8 nitrogen and oxygen atoms in total. The summed E-state index contributed by atoms with van der Waals surface area (Å²) in [5.41, 5.74) is 1.57. The van der Waals surface area contributed by atoms with Crippen LogP contribution in [0.1, 0.15) is 29.8 Å². The maximum Gasteiger partial charge on any atom is 0.326 e. The first-order valence-electron chi connectivity index (χ1n) is 11.9. The molecule has 0 spiro atoms.